The van der Waals surface area contributed by atoms with E-state index in [1.807, 2.05) is 17.0 Å². The molecule has 1 aliphatic heterocycles. The van der Waals surface area contributed by atoms with Gasteiger partial charge in [-0.3, -0.25) is 4.79 Å². The average Bonchev–Trinajstić information content (AvgIpc) is 3.24. The number of para-hydroxylation sites is 1. The maximum absolute atomic E-state index is 12.3. The Labute approximate surface area is 122 Å². The Hall–Kier alpha value is -2.49. The van der Waals surface area contributed by atoms with Crippen LogP contribution < -0.4 is 0 Å². The van der Waals surface area contributed by atoms with E-state index in [2.05, 4.69) is 23.2 Å². The van der Waals surface area contributed by atoms with Gasteiger partial charge in [-0.2, -0.15) is 0 Å². The number of furan rings is 1. The van der Waals surface area contributed by atoms with Gasteiger partial charge in [0.05, 0.1) is 6.26 Å². The second kappa shape index (κ2) is 4.81. The molecule has 4 heteroatoms. The Morgan fingerprint density at radius 2 is 2.14 bits per heavy atom. The van der Waals surface area contributed by atoms with Crippen molar-refractivity contribution < 1.29 is 9.21 Å². The molecule has 106 valence electrons. The van der Waals surface area contributed by atoms with Gasteiger partial charge in [-0.05, 0) is 36.1 Å². The summed E-state index contributed by atoms with van der Waals surface area (Å²) in [5.41, 5.74) is 2.37. The van der Waals surface area contributed by atoms with E-state index in [0.717, 1.165) is 25.0 Å². The molecule has 1 amide bonds. The minimum absolute atomic E-state index is 0.0152. The number of nitrogens with one attached hydrogen (secondary N) is 1. The van der Waals surface area contributed by atoms with Crippen molar-refractivity contribution >= 4 is 16.8 Å². The lowest BCUT2D eigenvalue weighted by Crippen LogP contribution is -2.28. The highest BCUT2D eigenvalue weighted by Gasteiger charge is 2.29. The standard InChI is InChI=1S/C17H16N2O2/c20-17(16-6-3-9-21-16)19-8-7-13(11-19)15-10-12-4-1-2-5-14(12)18-15/h1-6,9-10,13,18H,7-8,11H2. The van der Waals surface area contributed by atoms with E-state index in [1.165, 1.54) is 11.1 Å². The molecule has 1 unspecified atom stereocenters. The van der Waals surface area contributed by atoms with E-state index in [1.54, 1.807) is 18.4 Å². The number of rotatable bonds is 2. The molecule has 21 heavy (non-hydrogen) atoms. The van der Waals surface area contributed by atoms with Crippen LogP contribution in [-0.2, 0) is 0 Å². The maximum atomic E-state index is 12.3. The molecule has 4 nitrogen and oxygen atoms in total. The molecule has 1 N–H and O–H groups in total. The second-order valence-electron chi connectivity index (χ2n) is 5.53. The van der Waals surface area contributed by atoms with Crippen LogP contribution in [0.25, 0.3) is 10.9 Å². The van der Waals surface area contributed by atoms with Crippen LogP contribution in [0.15, 0.2) is 53.1 Å². The lowest BCUT2D eigenvalue weighted by Gasteiger charge is -2.14. The number of fused-ring (bicyclic) bond motifs is 1. The molecule has 0 spiro atoms. The zero-order chi connectivity index (χ0) is 14.2. The predicted octanol–water partition coefficient (Wildman–Crippen LogP) is 3.39. The molecule has 3 heterocycles. The third kappa shape index (κ3) is 2.13. The monoisotopic (exact) mass is 280 g/mol. The fraction of sp³-hybridized carbons (Fsp3) is 0.235. The van der Waals surface area contributed by atoms with Gasteiger partial charge in [0.25, 0.3) is 5.91 Å². The summed E-state index contributed by atoms with van der Waals surface area (Å²) in [6.45, 7) is 1.52. The first-order chi connectivity index (χ1) is 10.3. The van der Waals surface area contributed by atoms with Crippen molar-refractivity contribution in [2.24, 2.45) is 0 Å². The SMILES string of the molecule is O=C(c1ccco1)N1CCC(c2cc3ccccc3[nH]2)C1. The van der Waals surface area contributed by atoms with Gasteiger partial charge >= 0.3 is 0 Å². The van der Waals surface area contributed by atoms with Crippen molar-refractivity contribution in [3.8, 4) is 0 Å². The first-order valence-corrected chi connectivity index (χ1v) is 7.22. The quantitative estimate of drug-likeness (QED) is 0.782. The lowest BCUT2D eigenvalue weighted by molar-refractivity contribution is 0.0759. The van der Waals surface area contributed by atoms with Crippen LogP contribution in [0.5, 0.6) is 0 Å². The first-order valence-electron chi connectivity index (χ1n) is 7.22. The number of aromatic amines is 1. The van der Waals surface area contributed by atoms with Crippen LogP contribution in [0.4, 0.5) is 0 Å². The Kier molecular flexibility index (Phi) is 2.81. The summed E-state index contributed by atoms with van der Waals surface area (Å²) in [6.07, 6.45) is 2.53. The van der Waals surface area contributed by atoms with Gasteiger partial charge in [0.15, 0.2) is 5.76 Å². The Morgan fingerprint density at radius 1 is 1.24 bits per heavy atom. The van der Waals surface area contributed by atoms with Gasteiger partial charge in [0.1, 0.15) is 0 Å². The van der Waals surface area contributed by atoms with E-state index in [-0.39, 0.29) is 5.91 Å². The van der Waals surface area contributed by atoms with Crippen LogP contribution >= 0.6 is 0 Å². The van der Waals surface area contributed by atoms with Crippen LogP contribution in [0.1, 0.15) is 28.6 Å². The molecule has 2 aromatic heterocycles. The zero-order valence-corrected chi connectivity index (χ0v) is 11.6. The number of aromatic nitrogens is 1. The number of H-pyrrole nitrogens is 1. The van der Waals surface area contributed by atoms with Gasteiger partial charge in [0.2, 0.25) is 0 Å². The Bertz CT molecular complexity index is 740. The number of amides is 1. The highest BCUT2D eigenvalue weighted by Crippen LogP contribution is 2.29. The summed E-state index contributed by atoms with van der Waals surface area (Å²) in [6, 6.07) is 13.9. The van der Waals surface area contributed by atoms with Crippen LogP contribution in [0, 0.1) is 0 Å². The minimum Gasteiger partial charge on any atom is -0.459 e. The smallest absolute Gasteiger partial charge is 0.289 e. The molecular weight excluding hydrogens is 264 g/mol. The molecule has 1 saturated heterocycles. The number of benzene rings is 1. The van der Waals surface area contributed by atoms with Gasteiger partial charge in [0, 0.05) is 30.2 Å². The van der Waals surface area contributed by atoms with Crippen LogP contribution in [0.2, 0.25) is 0 Å². The van der Waals surface area contributed by atoms with Crippen molar-refractivity contribution in [3.05, 3.63) is 60.2 Å². The number of hydrogen-bond donors (Lipinski definition) is 1. The summed E-state index contributed by atoms with van der Waals surface area (Å²) in [4.78, 5) is 17.6. The zero-order valence-electron chi connectivity index (χ0n) is 11.6. The topological polar surface area (TPSA) is 49.2 Å². The number of nitrogens with zero attached hydrogens (tertiary/aromatic N) is 1. The third-order valence-corrected chi connectivity index (χ3v) is 4.20. The van der Waals surface area contributed by atoms with Crippen molar-refractivity contribution in [2.75, 3.05) is 13.1 Å². The highest BCUT2D eigenvalue weighted by atomic mass is 16.3. The fourth-order valence-electron chi connectivity index (χ4n) is 3.07. The highest BCUT2D eigenvalue weighted by molar-refractivity contribution is 5.91. The fourth-order valence-corrected chi connectivity index (χ4v) is 3.07. The molecule has 4 rings (SSSR count). The molecule has 0 aliphatic carbocycles. The second-order valence-corrected chi connectivity index (χ2v) is 5.53. The van der Waals surface area contributed by atoms with Crippen molar-refractivity contribution in [2.45, 2.75) is 12.3 Å². The summed E-state index contributed by atoms with van der Waals surface area (Å²) in [7, 11) is 0. The summed E-state index contributed by atoms with van der Waals surface area (Å²) in [5.74, 6) is 0.780. The van der Waals surface area contributed by atoms with Gasteiger partial charge < -0.3 is 14.3 Å². The van der Waals surface area contributed by atoms with Crippen molar-refractivity contribution in [1.82, 2.24) is 9.88 Å². The summed E-state index contributed by atoms with van der Waals surface area (Å²) < 4.78 is 5.20. The minimum atomic E-state index is -0.0152. The molecule has 1 atom stereocenters. The first kappa shape index (κ1) is 12.3. The van der Waals surface area contributed by atoms with E-state index in [4.69, 9.17) is 4.42 Å². The lowest BCUT2D eigenvalue weighted by atomic mass is 10.1. The average molecular weight is 280 g/mol. The molecule has 1 fully saturated rings. The van der Waals surface area contributed by atoms with Crippen LogP contribution in [0.3, 0.4) is 0 Å². The van der Waals surface area contributed by atoms with E-state index in [0.29, 0.717) is 11.7 Å². The van der Waals surface area contributed by atoms with Gasteiger partial charge in [-0.25, -0.2) is 0 Å². The van der Waals surface area contributed by atoms with Crippen molar-refractivity contribution in [3.63, 3.8) is 0 Å². The van der Waals surface area contributed by atoms with Gasteiger partial charge in [-0.1, -0.05) is 18.2 Å². The normalized spacial score (nSPS) is 18.5. The summed E-state index contributed by atoms with van der Waals surface area (Å²) >= 11 is 0. The predicted molar refractivity (Wildman–Crippen MR) is 80.3 cm³/mol. The molecule has 1 aliphatic rings. The third-order valence-electron chi connectivity index (χ3n) is 4.20. The molecule has 3 aromatic rings. The molecule has 0 radical (unpaired) electrons. The Morgan fingerprint density at radius 3 is 2.95 bits per heavy atom. The Balaban J connectivity index is 1.54. The number of hydrogen-bond acceptors (Lipinski definition) is 2. The largest absolute Gasteiger partial charge is 0.459 e. The molecule has 1 aromatic carbocycles. The van der Waals surface area contributed by atoms with E-state index < -0.39 is 0 Å². The molecular formula is C17H16N2O2. The number of likely N-dealkylation sites (tertiary alicyclic amines) is 1. The molecule has 0 bridgehead atoms. The van der Waals surface area contributed by atoms with Gasteiger partial charge in [-0.15, -0.1) is 0 Å². The summed E-state index contributed by atoms with van der Waals surface area (Å²) in [5, 5.41) is 1.23. The van der Waals surface area contributed by atoms with E-state index >= 15 is 0 Å². The number of carbonyl (C=O) groups is 1. The number of carbonyl (C=O) groups excluding carboxylic acids is 1. The van der Waals surface area contributed by atoms with E-state index in [9.17, 15) is 4.79 Å². The maximum Gasteiger partial charge on any atom is 0.289 e. The van der Waals surface area contributed by atoms with Crippen molar-refractivity contribution in [1.29, 1.82) is 0 Å². The molecule has 0 saturated carbocycles. The van der Waals surface area contributed by atoms with Crippen LogP contribution in [-0.4, -0.2) is 28.9 Å².